The Kier molecular flexibility index (Phi) is 6.69. The van der Waals surface area contributed by atoms with E-state index in [0.717, 1.165) is 0 Å². The fourth-order valence-electron chi connectivity index (χ4n) is 2.92. The van der Waals surface area contributed by atoms with Crippen molar-refractivity contribution in [2.24, 2.45) is 0 Å². The number of imide groups is 1. The molecule has 3 rings (SSSR count). The van der Waals surface area contributed by atoms with Gasteiger partial charge in [-0.3, -0.25) is 14.5 Å². The van der Waals surface area contributed by atoms with Crippen LogP contribution in [0.2, 0.25) is 0 Å². The first-order chi connectivity index (χ1) is 14.5. The summed E-state index contributed by atoms with van der Waals surface area (Å²) in [4.78, 5) is 37.5. The predicted molar refractivity (Wildman–Crippen MR) is 112 cm³/mol. The Bertz CT molecular complexity index is 972. The normalized spacial score (nSPS) is 14.6. The van der Waals surface area contributed by atoms with Crippen LogP contribution in [0, 0.1) is 0 Å². The molecule has 2 N–H and O–H groups in total. The second-order valence-corrected chi connectivity index (χ2v) is 6.56. The Hall–Kier alpha value is -3.81. The van der Waals surface area contributed by atoms with E-state index < -0.39 is 6.03 Å². The predicted octanol–water partition coefficient (Wildman–Crippen LogP) is 3.02. The number of nitrogens with one attached hydrogen (secondary N) is 2. The number of carbonyl (C=O) groups is 3. The fourth-order valence-corrected chi connectivity index (χ4v) is 2.92. The van der Waals surface area contributed by atoms with Crippen molar-refractivity contribution < 1.29 is 23.9 Å². The second kappa shape index (κ2) is 9.60. The van der Waals surface area contributed by atoms with Crippen molar-refractivity contribution in [3.05, 3.63) is 59.8 Å². The van der Waals surface area contributed by atoms with Crippen molar-refractivity contribution in [1.29, 1.82) is 0 Å². The third kappa shape index (κ3) is 4.96. The maximum atomic E-state index is 12.3. The van der Waals surface area contributed by atoms with Gasteiger partial charge in [-0.25, -0.2) is 4.79 Å². The van der Waals surface area contributed by atoms with Gasteiger partial charge < -0.3 is 20.1 Å². The standard InChI is InChI=1S/C22H23N3O5/c1-3-11-25-21(27)17(24-22(25)28)12-15-9-10-18(19(13-15)29-2)30-14-20(26)23-16-7-5-4-6-8-16/h4-10,12-13H,3,11,14H2,1-2H3,(H,23,26)(H,24,28)/b17-12+. The SMILES string of the molecule is CCCN1C(=O)N/C(=C/c2ccc(OCC(=O)Nc3ccccc3)c(OC)c2)C1=O. The van der Waals surface area contributed by atoms with Crippen LogP contribution in [0.1, 0.15) is 18.9 Å². The maximum Gasteiger partial charge on any atom is 0.329 e. The summed E-state index contributed by atoms with van der Waals surface area (Å²) in [5.41, 5.74) is 1.53. The highest BCUT2D eigenvalue weighted by atomic mass is 16.5. The molecule has 0 spiro atoms. The highest BCUT2D eigenvalue weighted by Crippen LogP contribution is 2.29. The van der Waals surface area contributed by atoms with Crippen LogP contribution >= 0.6 is 0 Å². The van der Waals surface area contributed by atoms with Gasteiger partial charge in [0.1, 0.15) is 5.70 Å². The Morgan fingerprint density at radius 1 is 1.13 bits per heavy atom. The molecule has 1 heterocycles. The number of ether oxygens (including phenoxy) is 2. The lowest BCUT2D eigenvalue weighted by molar-refractivity contribution is -0.123. The zero-order chi connectivity index (χ0) is 21.5. The van der Waals surface area contributed by atoms with E-state index in [9.17, 15) is 14.4 Å². The van der Waals surface area contributed by atoms with Crippen LogP contribution in [0.25, 0.3) is 6.08 Å². The number of rotatable bonds is 8. The van der Waals surface area contributed by atoms with Gasteiger partial charge in [-0.05, 0) is 42.3 Å². The van der Waals surface area contributed by atoms with E-state index in [1.54, 1.807) is 36.4 Å². The molecule has 1 fully saturated rings. The average Bonchev–Trinajstić information content (AvgIpc) is 3.01. The van der Waals surface area contributed by atoms with E-state index in [1.807, 2.05) is 25.1 Å². The van der Waals surface area contributed by atoms with Crippen LogP contribution < -0.4 is 20.1 Å². The number of benzene rings is 2. The minimum atomic E-state index is -0.426. The molecule has 0 bridgehead atoms. The van der Waals surface area contributed by atoms with Crippen molar-refractivity contribution in [3.63, 3.8) is 0 Å². The smallest absolute Gasteiger partial charge is 0.329 e. The number of anilines is 1. The van der Waals surface area contributed by atoms with Crippen LogP contribution in [0.15, 0.2) is 54.2 Å². The molecule has 1 aliphatic heterocycles. The molecule has 0 unspecified atom stereocenters. The zero-order valence-electron chi connectivity index (χ0n) is 16.8. The molecular formula is C22H23N3O5. The molecule has 0 atom stereocenters. The van der Waals surface area contributed by atoms with Crippen LogP contribution in [-0.4, -0.2) is 43.0 Å². The molecular weight excluding hydrogens is 386 g/mol. The van der Waals surface area contributed by atoms with Crippen molar-refractivity contribution >= 4 is 29.6 Å². The largest absolute Gasteiger partial charge is 0.493 e. The number of para-hydroxylation sites is 1. The Labute approximate surface area is 174 Å². The van der Waals surface area contributed by atoms with E-state index in [0.29, 0.717) is 35.7 Å². The number of hydrogen-bond acceptors (Lipinski definition) is 5. The molecule has 0 aliphatic carbocycles. The summed E-state index contributed by atoms with van der Waals surface area (Å²) in [7, 11) is 1.48. The minimum Gasteiger partial charge on any atom is -0.493 e. The minimum absolute atomic E-state index is 0.188. The van der Waals surface area contributed by atoms with Crippen LogP contribution in [0.4, 0.5) is 10.5 Å². The monoisotopic (exact) mass is 409 g/mol. The third-order valence-corrected chi connectivity index (χ3v) is 4.32. The summed E-state index contributed by atoms with van der Waals surface area (Å²) >= 11 is 0. The molecule has 0 radical (unpaired) electrons. The number of nitrogens with zero attached hydrogens (tertiary/aromatic N) is 1. The quantitative estimate of drug-likeness (QED) is 0.516. The number of urea groups is 1. The summed E-state index contributed by atoms with van der Waals surface area (Å²) in [6, 6.07) is 13.7. The van der Waals surface area contributed by atoms with Gasteiger partial charge in [0.05, 0.1) is 7.11 Å². The number of methoxy groups -OCH3 is 1. The molecule has 0 aromatic heterocycles. The summed E-state index contributed by atoms with van der Waals surface area (Å²) in [6.07, 6.45) is 2.26. The van der Waals surface area contributed by atoms with Crippen molar-refractivity contribution in [2.45, 2.75) is 13.3 Å². The van der Waals surface area contributed by atoms with Gasteiger partial charge in [0.25, 0.3) is 11.8 Å². The molecule has 156 valence electrons. The summed E-state index contributed by atoms with van der Waals surface area (Å²) in [5, 5.41) is 5.31. The number of carbonyl (C=O) groups excluding carboxylic acids is 3. The topological polar surface area (TPSA) is 97.0 Å². The molecule has 4 amide bonds. The highest BCUT2D eigenvalue weighted by molar-refractivity contribution is 6.14. The van der Waals surface area contributed by atoms with Crippen molar-refractivity contribution in [2.75, 3.05) is 25.6 Å². The van der Waals surface area contributed by atoms with E-state index in [2.05, 4.69) is 10.6 Å². The third-order valence-electron chi connectivity index (χ3n) is 4.32. The van der Waals surface area contributed by atoms with Gasteiger partial charge in [-0.2, -0.15) is 0 Å². The molecule has 1 saturated heterocycles. The van der Waals surface area contributed by atoms with Crippen LogP contribution in [-0.2, 0) is 9.59 Å². The molecule has 30 heavy (non-hydrogen) atoms. The van der Waals surface area contributed by atoms with Crippen molar-refractivity contribution in [3.8, 4) is 11.5 Å². The van der Waals surface area contributed by atoms with E-state index in [4.69, 9.17) is 9.47 Å². The van der Waals surface area contributed by atoms with Gasteiger partial charge in [-0.15, -0.1) is 0 Å². The molecule has 0 saturated carbocycles. The van der Waals surface area contributed by atoms with E-state index >= 15 is 0 Å². The first-order valence-electron chi connectivity index (χ1n) is 9.52. The van der Waals surface area contributed by atoms with Gasteiger partial charge >= 0.3 is 6.03 Å². The molecule has 2 aromatic rings. The number of hydrogen-bond donors (Lipinski definition) is 2. The Morgan fingerprint density at radius 2 is 1.90 bits per heavy atom. The van der Waals surface area contributed by atoms with Gasteiger partial charge in [0, 0.05) is 12.2 Å². The maximum absolute atomic E-state index is 12.3. The molecule has 8 heteroatoms. The van der Waals surface area contributed by atoms with Crippen molar-refractivity contribution in [1.82, 2.24) is 10.2 Å². The Morgan fingerprint density at radius 3 is 2.60 bits per heavy atom. The molecule has 1 aliphatic rings. The van der Waals surface area contributed by atoms with E-state index in [-0.39, 0.29) is 24.1 Å². The number of amides is 4. The second-order valence-electron chi connectivity index (χ2n) is 6.56. The van der Waals surface area contributed by atoms with Gasteiger partial charge in [0.2, 0.25) is 0 Å². The van der Waals surface area contributed by atoms with Gasteiger partial charge in [-0.1, -0.05) is 31.2 Å². The van der Waals surface area contributed by atoms with E-state index in [1.165, 1.54) is 12.0 Å². The highest BCUT2D eigenvalue weighted by Gasteiger charge is 2.32. The summed E-state index contributed by atoms with van der Waals surface area (Å²) in [6.45, 7) is 2.07. The summed E-state index contributed by atoms with van der Waals surface area (Å²) in [5.74, 6) is 0.125. The first kappa shape index (κ1) is 20.9. The lowest BCUT2D eigenvalue weighted by Crippen LogP contribution is -2.31. The fraction of sp³-hybridized carbons (Fsp3) is 0.227. The average molecular weight is 409 g/mol. The summed E-state index contributed by atoms with van der Waals surface area (Å²) < 4.78 is 10.9. The lowest BCUT2D eigenvalue weighted by atomic mass is 10.1. The molecule has 2 aromatic carbocycles. The Balaban J connectivity index is 1.67. The van der Waals surface area contributed by atoms with Gasteiger partial charge in [0.15, 0.2) is 18.1 Å². The van der Waals surface area contributed by atoms with Crippen LogP contribution in [0.3, 0.4) is 0 Å². The lowest BCUT2D eigenvalue weighted by Gasteiger charge is -2.12. The first-order valence-corrected chi connectivity index (χ1v) is 9.52. The molecule has 8 nitrogen and oxygen atoms in total. The zero-order valence-corrected chi connectivity index (χ0v) is 16.8. The van der Waals surface area contributed by atoms with Crippen LogP contribution in [0.5, 0.6) is 11.5 Å².